The largest absolute Gasteiger partial charge is 0.354 e. The van der Waals surface area contributed by atoms with Gasteiger partial charge in [-0.05, 0) is 68.8 Å². The van der Waals surface area contributed by atoms with Crippen LogP contribution >= 0.6 is 0 Å². The summed E-state index contributed by atoms with van der Waals surface area (Å²) < 4.78 is 13.4. The van der Waals surface area contributed by atoms with Crippen LogP contribution in [0.3, 0.4) is 0 Å². The first-order valence-electron chi connectivity index (χ1n) is 11.1. The van der Waals surface area contributed by atoms with E-state index in [2.05, 4.69) is 20.9 Å². The zero-order chi connectivity index (χ0) is 21.6. The molecule has 1 saturated heterocycles. The molecule has 3 N–H and O–H groups in total. The maximum Gasteiger partial charge on any atom is 0.253 e. The van der Waals surface area contributed by atoms with Crippen LogP contribution in [0.1, 0.15) is 48.9 Å². The standard InChI is InChI=1S/C24H29FN4O2/c25-19-6-2-5-17(13-19)21-10-9-18(15-27-21)23(30)29-20-7-1-4-16(12-20)14-28-24(31)22-8-3-11-26-22/h2,5-6,9-10,13,15-16,20,22,26H,1,3-4,7-8,11-12,14H2,(H,28,31)(H,29,30)/t16-,20?,22-/m0/s1. The van der Waals surface area contributed by atoms with Crippen molar-refractivity contribution >= 4 is 11.8 Å². The number of hydrogen-bond donors (Lipinski definition) is 3. The van der Waals surface area contributed by atoms with Gasteiger partial charge in [0.25, 0.3) is 5.91 Å². The summed E-state index contributed by atoms with van der Waals surface area (Å²) in [6, 6.07) is 9.73. The lowest BCUT2D eigenvalue weighted by molar-refractivity contribution is -0.123. The van der Waals surface area contributed by atoms with E-state index in [9.17, 15) is 14.0 Å². The Labute approximate surface area is 182 Å². The number of pyridine rings is 1. The van der Waals surface area contributed by atoms with Crippen LogP contribution in [0.25, 0.3) is 11.3 Å². The molecule has 1 aliphatic carbocycles. The maximum absolute atomic E-state index is 13.4. The van der Waals surface area contributed by atoms with Crippen molar-refractivity contribution in [3.63, 3.8) is 0 Å². The second kappa shape index (κ2) is 10.0. The monoisotopic (exact) mass is 424 g/mol. The average Bonchev–Trinajstić information content (AvgIpc) is 3.33. The molecule has 2 amide bonds. The lowest BCUT2D eigenvalue weighted by Gasteiger charge is -2.30. The number of halogens is 1. The van der Waals surface area contributed by atoms with Gasteiger partial charge in [-0.15, -0.1) is 0 Å². The molecule has 2 aliphatic rings. The Morgan fingerprint density at radius 1 is 1.13 bits per heavy atom. The molecule has 2 aromatic rings. The van der Waals surface area contributed by atoms with Gasteiger partial charge >= 0.3 is 0 Å². The highest BCUT2D eigenvalue weighted by Gasteiger charge is 2.26. The van der Waals surface area contributed by atoms with E-state index in [-0.39, 0.29) is 29.7 Å². The zero-order valence-corrected chi connectivity index (χ0v) is 17.6. The molecule has 7 heteroatoms. The van der Waals surface area contributed by atoms with E-state index < -0.39 is 0 Å². The van der Waals surface area contributed by atoms with Crippen LogP contribution in [0.2, 0.25) is 0 Å². The van der Waals surface area contributed by atoms with Crippen LogP contribution in [0.4, 0.5) is 4.39 Å². The van der Waals surface area contributed by atoms with E-state index in [1.54, 1.807) is 24.3 Å². The minimum atomic E-state index is -0.316. The highest BCUT2D eigenvalue weighted by atomic mass is 19.1. The molecule has 2 fully saturated rings. The van der Waals surface area contributed by atoms with Crippen LogP contribution in [0.15, 0.2) is 42.6 Å². The predicted octanol–water partition coefficient (Wildman–Crippen LogP) is 3.04. The number of rotatable bonds is 6. The first kappa shape index (κ1) is 21.4. The fraction of sp³-hybridized carbons (Fsp3) is 0.458. The Kier molecular flexibility index (Phi) is 6.92. The fourth-order valence-corrected chi connectivity index (χ4v) is 4.50. The molecule has 3 atom stereocenters. The minimum Gasteiger partial charge on any atom is -0.354 e. The van der Waals surface area contributed by atoms with E-state index in [0.29, 0.717) is 29.3 Å². The van der Waals surface area contributed by atoms with E-state index in [1.807, 2.05) is 0 Å². The summed E-state index contributed by atoms with van der Waals surface area (Å²) >= 11 is 0. The van der Waals surface area contributed by atoms with Crippen molar-refractivity contribution in [1.82, 2.24) is 20.9 Å². The zero-order valence-electron chi connectivity index (χ0n) is 17.6. The van der Waals surface area contributed by atoms with Crippen molar-refractivity contribution in [2.24, 2.45) is 5.92 Å². The van der Waals surface area contributed by atoms with Gasteiger partial charge in [0, 0.05) is 24.3 Å². The van der Waals surface area contributed by atoms with Crippen LogP contribution in [-0.4, -0.2) is 42.0 Å². The van der Waals surface area contributed by atoms with Crippen LogP contribution < -0.4 is 16.0 Å². The summed E-state index contributed by atoms with van der Waals surface area (Å²) in [4.78, 5) is 29.2. The van der Waals surface area contributed by atoms with Gasteiger partial charge < -0.3 is 16.0 Å². The van der Waals surface area contributed by atoms with Crippen molar-refractivity contribution in [2.75, 3.05) is 13.1 Å². The minimum absolute atomic E-state index is 0.0538. The number of nitrogens with zero attached hydrogens (tertiary/aromatic N) is 1. The molecule has 1 aliphatic heterocycles. The van der Waals surface area contributed by atoms with Gasteiger partial charge in [0.1, 0.15) is 5.82 Å². The van der Waals surface area contributed by atoms with Gasteiger partial charge in [0.2, 0.25) is 5.91 Å². The van der Waals surface area contributed by atoms with Crippen molar-refractivity contribution in [3.05, 3.63) is 54.0 Å². The summed E-state index contributed by atoms with van der Waals surface area (Å²) in [6.07, 6.45) is 7.38. The average molecular weight is 425 g/mol. The molecule has 0 radical (unpaired) electrons. The van der Waals surface area contributed by atoms with Crippen molar-refractivity contribution in [3.8, 4) is 11.3 Å². The van der Waals surface area contributed by atoms with E-state index >= 15 is 0 Å². The van der Waals surface area contributed by atoms with Gasteiger partial charge in [0.15, 0.2) is 0 Å². The predicted molar refractivity (Wildman–Crippen MR) is 117 cm³/mol. The Bertz CT molecular complexity index is 912. The lowest BCUT2D eigenvalue weighted by Crippen LogP contribution is -2.44. The summed E-state index contributed by atoms with van der Waals surface area (Å²) in [7, 11) is 0. The van der Waals surface area contributed by atoms with Gasteiger partial charge in [-0.2, -0.15) is 0 Å². The highest BCUT2D eigenvalue weighted by molar-refractivity contribution is 5.94. The van der Waals surface area contributed by atoms with E-state index in [4.69, 9.17) is 0 Å². The lowest BCUT2D eigenvalue weighted by atomic mass is 9.85. The number of hydrogen-bond acceptors (Lipinski definition) is 4. The Hall–Kier alpha value is -2.80. The van der Waals surface area contributed by atoms with Crippen LogP contribution in [-0.2, 0) is 4.79 Å². The number of nitrogens with one attached hydrogen (secondary N) is 3. The molecular weight excluding hydrogens is 395 g/mol. The number of benzene rings is 1. The maximum atomic E-state index is 13.4. The molecule has 1 unspecified atom stereocenters. The second-order valence-corrected chi connectivity index (χ2v) is 8.54. The van der Waals surface area contributed by atoms with Gasteiger partial charge in [0.05, 0.1) is 17.3 Å². The van der Waals surface area contributed by atoms with E-state index in [1.165, 1.54) is 18.3 Å². The molecule has 0 bridgehead atoms. The molecule has 1 aromatic carbocycles. The summed E-state index contributed by atoms with van der Waals surface area (Å²) in [5.41, 5.74) is 1.79. The van der Waals surface area contributed by atoms with Crippen LogP contribution in [0, 0.1) is 11.7 Å². The summed E-state index contributed by atoms with van der Waals surface area (Å²) in [6.45, 7) is 1.57. The quantitative estimate of drug-likeness (QED) is 0.666. The van der Waals surface area contributed by atoms with Crippen molar-refractivity contribution in [2.45, 2.75) is 50.6 Å². The van der Waals surface area contributed by atoms with Crippen molar-refractivity contribution in [1.29, 1.82) is 0 Å². The van der Waals surface area contributed by atoms with Crippen molar-refractivity contribution < 1.29 is 14.0 Å². The molecule has 1 saturated carbocycles. The molecule has 6 nitrogen and oxygen atoms in total. The SMILES string of the molecule is O=C(NC1CCC[C@H](CNC(=O)[C@@H]2CCCN2)C1)c1ccc(-c2cccc(F)c2)nc1. The van der Waals surface area contributed by atoms with Gasteiger partial charge in [-0.3, -0.25) is 14.6 Å². The third-order valence-electron chi connectivity index (χ3n) is 6.21. The number of aromatic nitrogens is 1. The van der Waals surface area contributed by atoms with E-state index in [0.717, 1.165) is 45.1 Å². The number of amides is 2. The Balaban J connectivity index is 1.28. The third kappa shape index (κ3) is 5.67. The van der Waals surface area contributed by atoms with Crippen LogP contribution in [0.5, 0.6) is 0 Å². The topological polar surface area (TPSA) is 83.1 Å². The Morgan fingerprint density at radius 3 is 2.77 bits per heavy atom. The number of carbonyl (C=O) groups is 2. The number of carbonyl (C=O) groups excluding carboxylic acids is 2. The third-order valence-corrected chi connectivity index (χ3v) is 6.21. The molecule has 31 heavy (non-hydrogen) atoms. The normalized spacial score (nSPS) is 23.3. The van der Waals surface area contributed by atoms with Gasteiger partial charge in [-0.1, -0.05) is 18.6 Å². The molecular formula is C24H29FN4O2. The molecule has 164 valence electrons. The molecule has 4 rings (SSSR count). The first-order valence-corrected chi connectivity index (χ1v) is 11.1. The molecule has 2 heterocycles. The second-order valence-electron chi connectivity index (χ2n) is 8.54. The summed E-state index contributed by atoms with van der Waals surface area (Å²) in [5, 5.41) is 9.41. The summed E-state index contributed by atoms with van der Waals surface area (Å²) in [5.74, 6) is -0.00203. The fourth-order valence-electron chi connectivity index (χ4n) is 4.50. The smallest absolute Gasteiger partial charge is 0.253 e. The highest BCUT2D eigenvalue weighted by Crippen LogP contribution is 2.24. The Morgan fingerprint density at radius 2 is 2.03 bits per heavy atom. The molecule has 0 spiro atoms. The van der Waals surface area contributed by atoms with Gasteiger partial charge in [-0.25, -0.2) is 4.39 Å². The first-order chi connectivity index (χ1) is 15.1. The molecule has 1 aromatic heterocycles.